The van der Waals surface area contributed by atoms with Crippen molar-refractivity contribution in [2.75, 3.05) is 13.6 Å². The van der Waals surface area contributed by atoms with Crippen molar-refractivity contribution in [1.82, 2.24) is 4.90 Å². The molecule has 0 aromatic heterocycles. The topological polar surface area (TPSA) is 29.3 Å². The highest BCUT2D eigenvalue weighted by Gasteiger charge is 2.25. The molecule has 108 valence electrons. The molecule has 0 bridgehead atoms. The van der Waals surface area contributed by atoms with Crippen LogP contribution in [0.15, 0.2) is 24.3 Å². The zero-order chi connectivity index (χ0) is 14.6. The minimum Gasteiger partial charge on any atom is -0.324 e. The largest absolute Gasteiger partial charge is 0.324 e. The molecule has 0 spiro atoms. The van der Waals surface area contributed by atoms with Gasteiger partial charge < -0.3 is 10.6 Å². The third-order valence-electron chi connectivity index (χ3n) is 4.34. The Bertz CT molecular complexity index is 403. The molecule has 2 unspecified atom stereocenters. The zero-order valence-corrected chi connectivity index (χ0v) is 12.8. The van der Waals surface area contributed by atoms with Crippen LogP contribution in [-0.4, -0.2) is 24.0 Å². The first kappa shape index (κ1) is 16.1. The smallest absolute Gasteiger partial charge is 0.127 e. The number of benzene rings is 1. The average Bonchev–Trinajstić information content (AvgIpc) is 2.38. The van der Waals surface area contributed by atoms with Crippen LogP contribution in [0.25, 0.3) is 0 Å². The number of nitrogens with two attached hydrogens (primary N) is 1. The molecule has 0 saturated heterocycles. The van der Waals surface area contributed by atoms with Crippen molar-refractivity contribution in [3.63, 3.8) is 0 Å². The van der Waals surface area contributed by atoms with Crippen LogP contribution in [0.3, 0.4) is 0 Å². The maximum Gasteiger partial charge on any atom is 0.127 e. The lowest BCUT2D eigenvalue weighted by Crippen LogP contribution is -2.44. The molecule has 1 aromatic rings. The Labute approximate surface area is 116 Å². The molecule has 2 N–H and O–H groups in total. The second-order valence-electron chi connectivity index (χ2n) is 6.07. The summed E-state index contributed by atoms with van der Waals surface area (Å²) in [6.45, 7) is 9.55. The Morgan fingerprint density at radius 2 is 1.89 bits per heavy atom. The first-order valence-electron chi connectivity index (χ1n) is 7.00. The molecular formula is C16H27FN2. The van der Waals surface area contributed by atoms with Gasteiger partial charge in [0.25, 0.3) is 0 Å². The van der Waals surface area contributed by atoms with Crippen molar-refractivity contribution < 1.29 is 4.39 Å². The van der Waals surface area contributed by atoms with Gasteiger partial charge in [0.05, 0.1) is 0 Å². The van der Waals surface area contributed by atoms with Crippen LogP contribution in [0, 0.1) is 11.7 Å². The minimum absolute atomic E-state index is 0.142. The van der Waals surface area contributed by atoms with E-state index in [2.05, 4.69) is 39.6 Å². The van der Waals surface area contributed by atoms with Crippen molar-refractivity contribution in [3.8, 4) is 0 Å². The van der Waals surface area contributed by atoms with Crippen LogP contribution in [0.5, 0.6) is 0 Å². The van der Waals surface area contributed by atoms with E-state index in [9.17, 15) is 4.39 Å². The maximum absolute atomic E-state index is 13.7. The molecule has 3 heteroatoms. The van der Waals surface area contributed by atoms with Gasteiger partial charge in [-0.3, -0.25) is 0 Å². The van der Waals surface area contributed by atoms with Gasteiger partial charge >= 0.3 is 0 Å². The van der Waals surface area contributed by atoms with E-state index in [4.69, 9.17) is 5.73 Å². The molecule has 0 heterocycles. The highest BCUT2D eigenvalue weighted by molar-refractivity contribution is 5.21. The molecule has 1 rings (SSSR count). The average molecular weight is 266 g/mol. The van der Waals surface area contributed by atoms with Crippen LogP contribution >= 0.6 is 0 Å². The molecule has 0 aliphatic rings. The fourth-order valence-electron chi connectivity index (χ4n) is 2.11. The summed E-state index contributed by atoms with van der Waals surface area (Å²) in [6.07, 6.45) is 1.07. The second kappa shape index (κ2) is 6.49. The quantitative estimate of drug-likeness (QED) is 0.852. The minimum atomic E-state index is -0.267. The number of hydrogen-bond acceptors (Lipinski definition) is 2. The van der Waals surface area contributed by atoms with Crippen LogP contribution in [0.4, 0.5) is 4.39 Å². The molecule has 0 fully saturated rings. The number of hydrogen-bond donors (Lipinski definition) is 1. The summed E-state index contributed by atoms with van der Waals surface area (Å²) < 4.78 is 13.7. The van der Waals surface area contributed by atoms with E-state index in [1.165, 1.54) is 6.07 Å². The molecule has 0 radical (unpaired) electrons. The van der Waals surface area contributed by atoms with Crippen molar-refractivity contribution in [2.45, 2.75) is 45.7 Å². The normalized spacial score (nSPS) is 15.6. The summed E-state index contributed by atoms with van der Waals surface area (Å²) in [6, 6.07) is 6.52. The Kier molecular flexibility index (Phi) is 5.50. The SMILES string of the molecule is CCC(C)(C)N(C)CC(C)C(N)c1ccccc1F. The van der Waals surface area contributed by atoms with Crippen LogP contribution in [-0.2, 0) is 0 Å². The van der Waals surface area contributed by atoms with Gasteiger partial charge in [0.15, 0.2) is 0 Å². The van der Waals surface area contributed by atoms with Gasteiger partial charge in [-0.05, 0) is 39.3 Å². The summed E-state index contributed by atoms with van der Waals surface area (Å²) in [5.74, 6) is -0.00743. The standard InChI is InChI=1S/C16H27FN2/c1-6-16(3,4)19(5)11-12(2)15(18)13-9-7-8-10-14(13)17/h7-10,12,15H,6,11,18H2,1-5H3. The van der Waals surface area contributed by atoms with E-state index in [0.29, 0.717) is 5.56 Å². The van der Waals surface area contributed by atoms with Gasteiger partial charge in [0, 0.05) is 23.7 Å². The third-order valence-corrected chi connectivity index (χ3v) is 4.34. The van der Waals surface area contributed by atoms with Gasteiger partial charge in [0.2, 0.25) is 0 Å². The number of rotatable bonds is 6. The van der Waals surface area contributed by atoms with E-state index >= 15 is 0 Å². The Morgan fingerprint density at radius 1 is 1.32 bits per heavy atom. The Balaban J connectivity index is 2.74. The molecule has 1 aromatic carbocycles. The molecule has 2 atom stereocenters. The van der Waals surface area contributed by atoms with Gasteiger partial charge in [-0.2, -0.15) is 0 Å². The Hall–Kier alpha value is -0.930. The fourth-order valence-corrected chi connectivity index (χ4v) is 2.11. The lowest BCUT2D eigenvalue weighted by Gasteiger charge is -2.37. The predicted molar refractivity (Wildman–Crippen MR) is 79.5 cm³/mol. The lowest BCUT2D eigenvalue weighted by molar-refractivity contribution is 0.124. The molecule has 0 amide bonds. The molecular weight excluding hydrogens is 239 g/mol. The summed E-state index contributed by atoms with van der Waals surface area (Å²) in [5.41, 5.74) is 6.96. The highest BCUT2D eigenvalue weighted by Crippen LogP contribution is 2.25. The van der Waals surface area contributed by atoms with E-state index in [0.717, 1.165) is 13.0 Å². The summed E-state index contributed by atoms with van der Waals surface area (Å²) >= 11 is 0. The van der Waals surface area contributed by atoms with Gasteiger partial charge in [-0.1, -0.05) is 32.0 Å². The van der Waals surface area contributed by atoms with Crippen molar-refractivity contribution >= 4 is 0 Å². The molecule has 0 saturated carbocycles. The van der Waals surface area contributed by atoms with E-state index in [1.807, 2.05) is 6.07 Å². The molecule has 19 heavy (non-hydrogen) atoms. The van der Waals surface area contributed by atoms with Crippen molar-refractivity contribution in [2.24, 2.45) is 11.7 Å². The molecule has 0 aliphatic heterocycles. The van der Waals surface area contributed by atoms with Gasteiger partial charge in [0.1, 0.15) is 5.82 Å². The van der Waals surface area contributed by atoms with Gasteiger partial charge in [-0.25, -0.2) is 4.39 Å². The highest BCUT2D eigenvalue weighted by atomic mass is 19.1. The Morgan fingerprint density at radius 3 is 2.42 bits per heavy atom. The van der Waals surface area contributed by atoms with Crippen molar-refractivity contribution in [1.29, 1.82) is 0 Å². The third kappa shape index (κ3) is 4.02. The van der Waals surface area contributed by atoms with Crippen LogP contribution in [0.2, 0.25) is 0 Å². The molecule has 2 nitrogen and oxygen atoms in total. The monoisotopic (exact) mass is 266 g/mol. The zero-order valence-electron chi connectivity index (χ0n) is 12.8. The second-order valence-corrected chi connectivity index (χ2v) is 6.07. The lowest BCUT2D eigenvalue weighted by atomic mass is 9.92. The number of nitrogens with zero attached hydrogens (tertiary/aromatic N) is 1. The van der Waals surface area contributed by atoms with Crippen LogP contribution < -0.4 is 5.73 Å². The van der Waals surface area contributed by atoms with Crippen molar-refractivity contribution in [3.05, 3.63) is 35.6 Å². The maximum atomic E-state index is 13.7. The first-order valence-corrected chi connectivity index (χ1v) is 7.00. The van der Waals surface area contributed by atoms with E-state index in [-0.39, 0.29) is 23.3 Å². The predicted octanol–water partition coefficient (Wildman–Crippen LogP) is 3.58. The van der Waals surface area contributed by atoms with Crippen LogP contribution in [0.1, 0.15) is 45.7 Å². The fraction of sp³-hybridized carbons (Fsp3) is 0.625. The number of halogens is 1. The summed E-state index contributed by atoms with van der Waals surface area (Å²) in [5, 5.41) is 0. The summed E-state index contributed by atoms with van der Waals surface area (Å²) in [4.78, 5) is 2.30. The van der Waals surface area contributed by atoms with E-state index in [1.54, 1.807) is 12.1 Å². The summed E-state index contributed by atoms with van der Waals surface area (Å²) in [7, 11) is 2.11. The van der Waals surface area contributed by atoms with Gasteiger partial charge in [-0.15, -0.1) is 0 Å². The first-order chi connectivity index (χ1) is 8.79. The van der Waals surface area contributed by atoms with E-state index < -0.39 is 0 Å². The molecule has 0 aliphatic carbocycles.